The summed E-state index contributed by atoms with van der Waals surface area (Å²) in [6.45, 7) is 5.04. The summed E-state index contributed by atoms with van der Waals surface area (Å²) < 4.78 is 4.17. The van der Waals surface area contributed by atoms with Crippen LogP contribution in [0.2, 0.25) is 0 Å². The van der Waals surface area contributed by atoms with E-state index in [2.05, 4.69) is 22.8 Å². The molecule has 1 atom stereocenters. The molecular weight excluding hydrogens is 280 g/mol. The molecule has 0 aliphatic heterocycles. The van der Waals surface area contributed by atoms with E-state index in [9.17, 15) is 0 Å². The van der Waals surface area contributed by atoms with Gasteiger partial charge in [0.25, 0.3) is 0 Å². The number of alkyl halides is 1. The van der Waals surface area contributed by atoms with Gasteiger partial charge >= 0.3 is 0 Å². The van der Waals surface area contributed by atoms with Crippen LogP contribution in [0.3, 0.4) is 0 Å². The van der Waals surface area contributed by atoms with E-state index in [4.69, 9.17) is 16.6 Å². The minimum absolute atomic E-state index is 0.0774. The smallest absolute Gasteiger partial charge is 0.158 e. The van der Waals surface area contributed by atoms with E-state index in [1.54, 1.807) is 0 Å². The molecule has 0 fully saturated rings. The number of hydrogen-bond donors (Lipinski definition) is 0. The monoisotopic (exact) mass is 300 g/mol. The van der Waals surface area contributed by atoms with E-state index in [-0.39, 0.29) is 5.38 Å². The average Bonchev–Trinajstić information content (AvgIpc) is 2.89. The first-order chi connectivity index (χ1) is 9.10. The van der Waals surface area contributed by atoms with Gasteiger partial charge in [-0.15, -0.1) is 11.6 Å². The predicted molar refractivity (Wildman–Crippen MR) is 83.1 cm³/mol. The van der Waals surface area contributed by atoms with Gasteiger partial charge in [0.1, 0.15) is 11.3 Å². The largest absolute Gasteiger partial charge is 0.312 e. The van der Waals surface area contributed by atoms with Crippen LogP contribution in [0.5, 0.6) is 0 Å². The van der Waals surface area contributed by atoms with Gasteiger partial charge in [-0.05, 0) is 31.8 Å². The van der Waals surface area contributed by atoms with Crippen molar-refractivity contribution in [1.29, 1.82) is 0 Å². The molecule has 2 aromatic rings. The maximum Gasteiger partial charge on any atom is 0.158 e. The first kappa shape index (κ1) is 14.7. The zero-order valence-electron chi connectivity index (χ0n) is 12.0. The second-order valence-electron chi connectivity index (χ2n) is 4.68. The zero-order chi connectivity index (χ0) is 14.0. The molecule has 0 N–H and O–H groups in total. The fourth-order valence-electron chi connectivity index (χ4n) is 2.39. The summed E-state index contributed by atoms with van der Waals surface area (Å²) in [4.78, 5) is 4.72. The third kappa shape index (κ3) is 2.77. The highest BCUT2D eigenvalue weighted by Gasteiger charge is 2.20. The van der Waals surface area contributed by atoms with E-state index in [0.717, 1.165) is 47.8 Å². The van der Waals surface area contributed by atoms with Crippen LogP contribution in [0.25, 0.3) is 11.2 Å². The second kappa shape index (κ2) is 6.18. The van der Waals surface area contributed by atoms with Crippen molar-refractivity contribution < 1.29 is 0 Å². The van der Waals surface area contributed by atoms with Gasteiger partial charge in [0.05, 0.1) is 11.1 Å². The molecule has 0 radical (unpaired) electrons. The van der Waals surface area contributed by atoms with Crippen LogP contribution in [0.15, 0.2) is 0 Å². The highest BCUT2D eigenvalue weighted by molar-refractivity contribution is 7.98. The maximum absolute atomic E-state index is 6.28. The van der Waals surface area contributed by atoms with Crippen molar-refractivity contribution in [2.24, 2.45) is 7.05 Å². The molecule has 0 aromatic carbocycles. The van der Waals surface area contributed by atoms with Crippen LogP contribution in [0.4, 0.5) is 0 Å². The highest BCUT2D eigenvalue weighted by Crippen LogP contribution is 2.26. The lowest BCUT2D eigenvalue weighted by atomic mass is 10.3. The number of rotatable bonds is 6. The number of aromatic nitrogens is 4. The lowest BCUT2D eigenvalue weighted by molar-refractivity contribution is 0.628. The van der Waals surface area contributed by atoms with Crippen molar-refractivity contribution in [3.63, 3.8) is 0 Å². The molecule has 2 heterocycles. The highest BCUT2D eigenvalue weighted by atomic mass is 35.5. The number of fused-ring (bicyclic) bond motifs is 1. The normalized spacial score (nSPS) is 13.3. The number of halogens is 1. The van der Waals surface area contributed by atoms with Crippen LogP contribution < -0.4 is 0 Å². The van der Waals surface area contributed by atoms with Crippen LogP contribution in [-0.2, 0) is 20.0 Å². The lowest BCUT2D eigenvalue weighted by Gasteiger charge is -2.10. The summed E-state index contributed by atoms with van der Waals surface area (Å²) in [6, 6.07) is 0. The Labute approximate surface area is 123 Å². The minimum atomic E-state index is -0.0774. The molecule has 106 valence electrons. The van der Waals surface area contributed by atoms with Gasteiger partial charge in [0.15, 0.2) is 5.65 Å². The Balaban J connectivity index is 2.49. The molecule has 0 aliphatic carbocycles. The number of thioether (sulfide) groups is 1. The third-order valence-corrected chi connectivity index (χ3v) is 4.13. The number of aryl methyl sites for hydroxylation is 3. The molecular formula is C13H21ClN4S. The zero-order valence-corrected chi connectivity index (χ0v) is 13.6. The molecule has 2 aromatic heterocycles. The van der Waals surface area contributed by atoms with Crippen molar-refractivity contribution >= 4 is 34.5 Å². The maximum atomic E-state index is 6.28. The van der Waals surface area contributed by atoms with Crippen molar-refractivity contribution in [3.05, 3.63) is 11.5 Å². The van der Waals surface area contributed by atoms with Crippen molar-refractivity contribution in [1.82, 2.24) is 19.3 Å². The molecule has 0 spiro atoms. The molecule has 0 bridgehead atoms. The Kier molecular flexibility index (Phi) is 4.79. The quantitative estimate of drug-likeness (QED) is 0.606. The van der Waals surface area contributed by atoms with Gasteiger partial charge < -0.3 is 4.57 Å². The van der Waals surface area contributed by atoms with E-state index in [1.807, 2.05) is 30.4 Å². The van der Waals surface area contributed by atoms with Crippen molar-refractivity contribution in [3.8, 4) is 0 Å². The topological polar surface area (TPSA) is 35.6 Å². The number of nitrogens with zero attached hydrogens (tertiary/aromatic N) is 4. The average molecular weight is 301 g/mol. The Morgan fingerprint density at radius 1 is 1.42 bits per heavy atom. The van der Waals surface area contributed by atoms with E-state index < -0.39 is 0 Å². The Morgan fingerprint density at radius 3 is 2.74 bits per heavy atom. The van der Waals surface area contributed by atoms with Crippen LogP contribution in [-0.4, -0.2) is 31.3 Å². The van der Waals surface area contributed by atoms with Crippen molar-refractivity contribution in [2.45, 2.75) is 38.6 Å². The first-order valence-electron chi connectivity index (χ1n) is 6.65. The molecule has 0 saturated carbocycles. The molecule has 0 saturated heterocycles. The van der Waals surface area contributed by atoms with Gasteiger partial charge in [-0.2, -0.15) is 16.9 Å². The molecule has 19 heavy (non-hydrogen) atoms. The Morgan fingerprint density at radius 2 is 2.16 bits per heavy atom. The van der Waals surface area contributed by atoms with Gasteiger partial charge in [-0.25, -0.2) is 4.98 Å². The fourth-order valence-corrected chi connectivity index (χ4v) is 2.97. The van der Waals surface area contributed by atoms with Gasteiger partial charge in [0.2, 0.25) is 0 Å². The van der Waals surface area contributed by atoms with Crippen molar-refractivity contribution in [2.75, 3.05) is 12.0 Å². The minimum Gasteiger partial charge on any atom is -0.312 e. The number of hydrogen-bond acceptors (Lipinski definition) is 3. The van der Waals surface area contributed by atoms with E-state index in [1.165, 1.54) is 0 Å². The molecule has 2 rings (SSSR count). The molecule has 0 aliphatic rings. The standard InChI is InChI=1S/C13H21ClN4S/c1-5-10-11-13(17(3)16-10)18(7-6-8-19-4)12(15-11)9(2)14/h9H,5-8H2,1-4H3. The Bertz CT molecular complexity index is 558. The summed E-state index contributed by atoms with van der Waals surface area (Å²) in [7, 11) is 1.98. The summed E-state index contributed by atoms with van der Waals surface area (Å²) >= 11 is 8.15. The second-order valence-corrected chi connectivity index (χ2v) is 6.32. The van der Waals surface area contributed by atoms with Crippen LogP contribution in [0.1, 0.15) is 37.2 Å². The first-order valence-corrected chi connectivity index (χ1v) is 8.48. The molecule has 6 heteroatoms. The van der Waals surface area contributed by atoms with Crippen LogP contribution >= 0.6 is 23.4 Å². The van der Waals surface area contributed by atoms with Gasteiger partial charge in [-0.3, -0.25) is 4.68 Å². The van der Waals surface area contributed by atoms with Gasteiger partial charge in [0, 0.05) is 13.6 Å². The predicted octanol–water partition coefficient (Wildman–Crippen LogP) is 3.39. The molecule has 1 unspecified atom stereocenters. The summed E-state index contributed by atoms with van der Waals surface area (Å²) in [5.74, 6) is 2.11. The van der Waals surface area contributed by atoms with Gasteiger partial charge in [-0.1, -0.05) is 6.92 Å². The lowest BCUT2D eigenvalue weighted by Crippen LogP contribution is -2.08. The van der Waals surface area contributed by atoms with Crippen LogP contribution in [0, 0.1) is 0 Å². The SMILES string of the molecule is CCc1nn(C)c2c1nc(C(C)Cl)n2CCCSC. The summed E-state index contributed by atoms with van der Waals surface area (Å²) in [5.41, 5.74) is 3.16. The van der Waals surface area contributed by atoms with E-state index >= 15 is 0 Å². The number of imidazole rings is 1. The van der Waals surface area contributed by atoms with E-state index in [0.29, 0.717) is 0 Å². The molecule has 0 amide bonds. The molecule has 4 nitrogen and oxygen atoms in total. The third-order valence-electron chi connectivity index (χ3n) is 3.24. The fraction of sp³-hybridized carbons (Fsp3) is 0.692. The summed E-state index contributed by atoms with van der Waals surface area (Å²) in [5, 5.41) is 4.47. The Hall–Kier alpha value is -0.680. The summed E-state index contributed by atoms with van der Waals surface area (Å²) in [6.07, 6.45) is 4.15.